The van der Waals surface area contributed by atoms with Crippen LogP contribution in [0.1, 0.15) is 29.6 Å². The van der Waals surface area contributed by atoms with Gasteiger partial charge in [-0.05, 0) is 17.3 Å². The van der Waals surface area contributed by atoms with E-state index in [9.17, 15) is 9.59 Å². The van der Waals surface area contributed by atoms with Gasteiger partial charge in [0, 0.05) is 25.9 Å². The number of ether oxygens (including phenoxy) is 1. The molecule has 0 saturated carbocycles. The minimum absolute atomic E-state index is 0.124. The number of ketones is 1. The Balaban J connectivity index is 1.27. The molecule has 1 aromatic carbocycles. The minimum Gasteiger partial charge on any atom is -0.486 e. The fourth-order valence-electron chi connectivity index (χ4n) is 3.78. The number of hydrogen-bond acceptors (Lipinski definition) is 10. The van der Waals surface area contributed by atoms with Gasteiger partial charge in [-0.1, -0.05) is 23.5 Å². The molecule has 2 aliphatic rings. The van der Waals surface area contributed by atoms with Gasteiger partial charge >= 0.3 is 5.97 Å². The Morgan fingerprint density at radius 3 is 2.80 bits per heavy atom. The van der Waals surface area contributed by atoms with E-state index < -0.39 is 11.6 Å². The molecule has 0 bridgehead atoms. The average Bonchev–Trinajstić information content (AvgIpc) is 3.38. The number of Topliss-reactive ketones (excluding diaryl/α,β-unsaturated/α-hetero) is 1. The van der Waals surface area contributed by atoms with Crippen molar-refractivity contribution in [1.29, 1.82) is 0 Å². The Hall–Kier alpha value is -3.41. The Morgan fingerprint density at radius 2 is 2.00 bits per heavy atom. The second-order valence-electron chi connectivity index (χ2n) is 7.30. The van der Waals surface area contributed by atoms with Gasteiger partial charge in [0.05, 0.1) is 12.0 Å². The normalized spacial score (nSPS) is 17.6. The molecule has 154 valence electrons. The van der Waals surface area contributed by atoms with Crippen molar-refractivity contribution >= 4 is 28.2 Å². The third-order valence-corrected chi connectivity index (χ3v) is 6.26. The van der Waals surface area contributed by atoms with Crippen LogP contribution in [0, 0.1) is 0 Å². The van der Waals surface area contributed by atoms with Crippen LogP contribution in [0.5, 0.6) is 5.75 Å². The molecule has 0 unspecified atom stereocenters. The van der Waals surface area contributed by atoms with E-state index in [1.807, 2.05) is 24.3 Å². The molecule has 1 saturated heterocycles. The molecule has 1 fully saturated rings. The summed E-state index contributed by atoms with van der Waals surface area (Å²) in [6.07, 6.45) is 1.79. The molecular formula is C18H17N7O4S. The number of rotatable bonds is 4. The Bertz CT molecular complexity index is 1120. The van der Waals surface area contributed by atoms with Gasteiger partial charge in [-0.15, -0.1) is 20.4 Å². The lowest BCUT2D eigenvalue weighted by Gasteiger charge is -2.43. The first-order valence-electron chi connectivity index (χ1n) is 9.41. The summed E-state index contributed by atoms with van der Waals surface area (Å²) in [6, 6.07) is 7.39. The number of tetrazole rings is 1. The maximum absolute atomic E-state index is 12.6. The molecule has 11 nitrogen and oxygen atoms in total. The number of carboxylic acid groups (broad SMARTS) is 1. The highest BCUT2D eigenvalue weighted by Crippen LogP contribution is 2.40. The van der Waals surface area contributed by atoms with Crippen LogP contribution in [-0.2, 0) is 11.3 Å². The Morgan fingerprint density at radius 1 is 1.20 bits per heavy atom. The van der Waals surface area contributed by atoms with Gasteiger partial charge in [0.2, 0.25) is 11.0 Å². The lowest BCUT2D eigenvalue weighted by molar-refractivity contribution is -0.138. The second kappa shape index (κ2) is 7.13. The lowest BCUT2D eigenvalue weighted by atomic mass is 9.82. The molecule has 0 radical (unpaired) electrons. The highest BCUT2D eigenvalue weighted by atomic mass is 32.1. The van der Waals surface area contributed by atoms with E-state index in [1.165, 1.54) is 11.3 Å². The number of anilines is 1. The van der Waals surface area contributed by atoms with Gasteiger partial charge in [0.15, 0.2) is 17.3 Å². The van der Waals surface area contributed by atoms with E-state index in [1.54, 1.807) is 0 Å². The van der Waals surface area contributed by atoms with Gasteiger partial charge in [-0.25, -0.2) is 0 Å². The van der Waals surface area contributed by atoms with Crippen LogP contribution in [0.3, 0.4) is 0 Å². The predicted octanol–water partition coefficient (Wildman–Crippen LogP) is 1.28. The number of nitrogens with zero attached hydrogens (tertiary/aromatic N) is 7. The molecule has 0 atom stereocenters. The molecule has 30 heavy (non-hydrogen) atoms. The standard InChI is InChI=1S/C18H17N7O4S/c26-12-9-18(29-13-4-2-1-3-11(12)13)5-7-24(8-6-18)17-21-20-16(30-17)15-19-23-25(22-15)10-14(27)28/h1-4H,5-10H2,(H,27,28). The van der Waals surface area contributed by atoms with E-state index >= 15 is 0 Å². The van der Waals surface area contributed by atoms with Crippen LogP contribution in [-0.4, -0.2) is 66.0 Å². The monoisotopic (exact) mass is 427 g/mol. The van der Waals surface area contributed by atoms with Gasteiger partial charge in [-0.2, -0.15) is 4.80 Å². The number of hydrogen-bond donors (Lipinski definition) is 1. The summed E-state index contributed by atoms with van der Waals surface area (Å²) in [4.78, 5) is 26.4. The zero-order valence-corrected chi connectivity index (χ0v) is 16.6. The van der Waals surface area contributed by atoms with Crippen LogP contribution in [0.4, 0.5) is 5.13 Å². The summed E-state index contributed by atoms with van der Waals surface area (Å²) in [5, 5.41) is 29.9. The quantitative estimate of drug-likeness (QED) is 0.648. The summed E-state index contributed by atoms with van der Waals surface area (Å²) in [7, 11) is 0. The topological polar surface area (TPSA) is 136 Å². The first kappa shape index (κ1) is 18.6. The van der Waals surface area contributed by atoms with Crippen LogP contribution in [0.15, 0.2) is 24.3 Å². The number of carbonyl (C=O) groups is 2. The largest absolute Gasteiger partial charge is 0.486 e. The molecule has 0 amide bonds. The molecule has 0 aliphatic carbocycles. The lowest BCUT2D eigenvalue weighted by Crippen LogP contribution is -2.51. The fraction of sp³-hybridized carbons (Fsp3) is 0.389. The van der Waals surface area contributed by atoms with E-state index in [4.69, 9.17) is 9.84 Å². The molecule has 3 aromatic rings. The molecule has 1 N–H and O–H groups in total. The van der Waals surface area contributed by atoms with Gasteiger partial charge in [-0.3, -0.25) is 9.59 Å². The molecule has 2 aromatic heterocycles. The summed E-state index contributed by atoms with van der Waals surface area (Å²) >= 11 is 1.32. The Labute approximate surface area is 174 Å². The molecular weight excluding hydrogens is 410 g/mol. The van der Waals surface area contributed by atoms with Crippen LogP contribution in [0.25, 0.3) is 10.8 Å². The van der Waals surface area contributed by atoms with Crippen molar-refractivity contribution in [3.63, 3.8) is 0 Å². The number of aromatic nitrogens is 6. The third-order valence-electron chi connectivity index (χ3n) is 5.28. The number of carbonyl (C=O) groups excluding carboxylic acids is 1. The summed E-state index contributed by atoms with van der Waals surface area (Å²) in [5.74, 6) is -0.0218. The van der Waals surface area contributed by atoms with Crippen molar-refractivity contribution in [2.75, 3.05) is 18.0 Å². The van der Waals surface area contributed by atoms with Crippen molar-refractivity contribution < 1.29 is 19.4 Å². The molecule has 12 heteroatoms. The van der Waals surface area contributed by atoms with Crippen LogP contribution < -0.4 is 9.64 Å². The SMILES string of the molecule is O=C(O)Cn1nnc(-c2nnc(N3CCC4(CC3)CC(=O)c3ccccc3O4)s2)n1. The van der Waals surface area contributed by atoms with Gasteiger partial charge in [0.1, 0.15) is 11.4 Å². The summed E-state index contributed by atoms with van der Waals surface area (Å²) in [6.45, 7) is 1.00. The van der Waals surface area contributed by atoms with Crippen molar-refractivity contribution in [2.45, 2.75) is 31.4 Å². The number of benzene rings is 1. The number of para-hydroxylation sites is 1. The van der Waals surface area contributed by atoms with E-state index in [0.717, 1.165) is 9.93 Å². The van der Waals surface area contributed by atoms with Crippen molar-refractivity contribution in [2.24, 2.45) is 0 Å². The maximum atomic E-state index is 12.6. The number of aliphatic carboxylic acids is 1. The summed E-state index contributed by atoms with van der Waals surface area (Å²) in [5.41, 5.74) is 0.180. The number of fused-ring (bicyclic) bond motifs is 1. The van der Waals surface area contributed by atoms with Crippen molar-refractivity contribution in [3.05, 3.63) is 29.8 Å². The number of carboxylic acids is 1. The zero-order valence-electron chi connectivity index (χ0n) is 15.8. The van der Waals surface area contributed by atoms with Crippen LogP contribution >= 0.6 is 11.3 Å². The second-order valence-corrected chi connectivity index (χ2v) is 8.25. The predicted molar refractivity (Wildman–Crippen MR) is 105 cm³/mol. The highest BCUT2D eigenvalue weighted by Gasteiger charge is 2.43. The minimum atomic E-state index is -1.05. The fourth-order valence-corrected chi connectivity index (χ4v) is 4.60. The molecule has 2 aliphatic heterocycles. The molecule has 5 rings (SSSR count). The molecule has 1 spiro atoms. The first-order valence-corrected chi connectivity index (χ1v) is 10.2. The summed E-state index contributed by atoms with van der Waals surface area (Å²) < 4.78 is 6.26. The molecule has 4 heterocycles. The zero-order chi connectivity index (χ0) is 20.7. The van der Waals surface area contributed by atoms with E-state index in [2.05, 4.69) is 30.5 Å². The van der Waals surface area contributed by atoms with Crippen molar-refractivity contribution in [3.8, 4) is 16.6 Å². The average molecular weight is 427 g/mol. The number of piperidine rings is 1. The maximum Gasteiger partial charge on any atom is 0.327 e. The Kier molecular flexibility index (Phi) is 4.42. The van der Waals surface area contributed by atoms with Crippen molar-refractivity contribution in [1.82, 2.24) is 30.4 Å². The third kappa shape index (κ3) is 3.38. The van der Waals surface area contributed by atoms with Gasteiger partial charge in [0.25, 0.3) is 0 Å². The van der Waals surface area contributed by atoms with Gasteiger partial charge < -0.3 is 14.7 Å². The van der Waals surface area contributed by atoms with E-state index in [-0.39, 0.29) is 18.2 Å². The first-order chi connectivity index (χ1) is 14.5. The highest BCUT2D eigenvalue weighted by molar-refractivity contribution is 7.18. The van der Waals surface area contributed by atoms with E-state index in [0.29, 0.717) is 48.7 Å². The van der Waals surface area contributed by atoms with Crippen LogP contribution in [0.2, 0.25) is 0 Å². The smallest absolute Gasteiger partial charge is 0.327 e.